The highest BCUT2D eigenvalue weighted by Crippen LogP contribution is 2.21. The molecule has 1 aromatic carbocycles. The summed E-state index contributed by atoms with van der Waals surface area (Å²) in [6, 6.07) is 5.86. The molecule has 1 aliphatic rings. The average molecular weight is 283 g/mol. The Bertz CT molecular complexity index is 400. The molecule has 0 radical (unpaired) electrons. The summed E-state index contributed by atoms with van der Waals surface area (Å²) in [7, 11) is 0. The van der Waals surface area contributed by atoms with Gasteiger partial charge in [0.25, 0.3) is 0 Å². The first-order valence-corrected chi connectivity index (χ1v) is 6.26. The third-order valence-electron chi connectivity index (χ3n) is 2.83. The van der Waals surface area contributed by atoms with Crippen LogP contribution in [0.2, 0.25) is 0 Å². The lowest BCUT2D eigenvalue weighted by atomic mass is 10.1. The Morgan fingerprint density at radius 3 is 3.06 bits per heavy atom. The molecule has 1 aliphatic heterocycles. The summed E-state index contributed by atoms with van der Waals surface area (Å²) in [4.78, 5) is 11.9. The first kappa shape index (κ1) is 11.6. The molecule has 1 amide bonds. The molecular weight excluding hydrogens is 268 g/mol. The van der Waals surface area contributed by atoms with E-state index in [2.05, 4.69) is 26.6 Å². The number of benzene rings is 1. The van der Waals surface area contributed by atoms with E-state index in [1.165, 1.54) is 0 Å². The minimum absolute atomic E-state index is 0.0293. The van der Waals surface area contributed by atoms with E-state index in [4.69, 9.17) is 0 Å². The Hall–Kier alpha value is -0.870. The van der Waals surface area contributed by atoms with Crippen LogP contribution in [0.15, 0.2) is 22.7 Å². The van der Waals surface area contributed by atoms with E-state index in [0.29, 0.717) is 0 Å². The summed E-state index contributed by atoms with van der Waals surface area (Å²) in [5, 5.41) is 6.15. The Morgan fingerprint density at radius 1 is 1.56 bits per heavy atom. The number of carbonyl (C=O) groups is 1. The highest BCUT2D eigenvalue weighted by molar-refractivity contribution is 9.10. The van der Waals surface area contributed by atoms with Crippen molar-refractivity contribution >= 4 is 27.5 Å². The molecule has 1 fully saturated rings. The van der Waals surface area contributed by atoms with Crippen molar-refractivity contribution in [1.82, 2.24) is 5.32 Å². The largest absolute Gasteiger partial charge is 0.324 e. The molecule has 86 valence electrons. The summed E-state index contributed by atoms with van der Waals surface area (Å²) in [6.45, 7) is 2.93. The Morgan fingerprint density at radius 2 is 2.38 bits per heavy atom. The molecule has 0 unspecified atom stereocenters. The van der Waals surface area contributed by atoms with Crippen molar-refractivity contribution in [2.75, 3.05) is 11.9 Å². The number of nitrogens with one attached hydrogen (secondary N) is 2. The van der Waals surface area contributed by atoms with Crippen molar-refractivity contribution in [2.24, 2.45) is 0 Å². The van der Waals surface area contributed by atoms with Crippen LogP contribution in [0.25, 0.3) is 0 Å². The van der Waals surface area contributed by atoms with Crippen molar-refractivity contribution in [2.45, 2.75) is 25.8 Å². The van der Waals surface area contributed by atoms with Gasteiger partial charge in [0.15, 0.2) is 0 Å². The van der Waals surface area contributed by atoms with Crippen LogP contribution in [0, 0.1) is 6.92 Å². The molecule has 2 N–H and O–H groups in total. The zero-order valence-corrected chi connectivity index (χ0v) is 10.8. The maximum Gasteiger partial charge on any atom is 0.241 e. The lowest BCUT2D eigenvalue weighted by Crippen LogP contribution is -2.35. The van der Waals surface area contributed by atoms with Gasteiger partial charge in [-0.15, -0.1) is 0 Å². The second-order valence-corrected chi connectivity index (χ2v) is 5.01. The summed E-state index contributed by atoms with van der Waals surface area (Å²) in [5.41, 5.74) is 1.96. The van der Waals surface area contributed by atoms with E-state index in [0.717, 1.165) is 35.1 Å². The van der Waals surface area contributed by atoms with Crippen LogP contribution in [0.5, 0.6) is 0 Å². The van der Waals surface area contributed by atoms with Gasteiger partial charge in [0, 0.05) is 10.2 Å². The van der Waals surface area contributed by atoms with Crippen molar-refractivity contribution in [3.8, 4) is 0 Å². The molecular formula is C12H15BrN2O. The number of carbonyl (C=O) groups excluding carboxylic acids is 1. The maximum absolute atomic E-state index is 11.9. The summed E-state index contributed by atoms with van der Waals surface area (Å²) in [5.74, 6) is 0.0682. The number of aryl methyl sites for hydroxylation is 1. The van der Waals surface area contributed by atoms with Crippen LogP contribution >= 0.6 is 15.9 Å². The molecule has 4 heteroatoms. The van der Waals surface area contributed by atoms with E-state index >= 15 is 0 Å². The zero-order chi connectivity index (χ0) is 11.5. The smallest absolute Gasteiger partial charge is 0.241 e. The van der Waals surface area contributed by atoms with Crippen LogP contribution in [0.3, 0.4) is 0 Å². The third-order valence-corrected chi connectivity index (χ3v) is 3.33. The molecule has 0 aromatic heterocycles. The molecule has 1 heterocycles. The van der Waals surface area contributed by atoms with E-state index in [9.17, 15) is 4.79 Å². The second kappa shape index (κ2) is 4.97. The van der Waals surface area contributed by atoms with Gasteiger partial charge >= 0.3 is 0 Å². The van der Waals surface area contributed by atoms with Gasteiger partial charge in [0.1, 0.15) is 0 Å². The van der Waals surface area contributed by atoms with Crippen LogP contribution in [-0.2, 0) is 4.79 Å². The van der Waals surface area contributed by atoms with Gasteiger partial charge in [0.05, 0.1) is 6.04 Å². The quantitative estimate of drug-likeness (QED) is 0.875. The lowest BCUT2D eigenvalue weighted by molar-refractivity contribution is -0.117. The second-order valence-electron chi connectivity index (χ2n) is 4.10. The number of halogens is 1. The Labute approximate surface area is 104 Å². The minimum Gasteiger partial charge on any atom is -0.324 e. The molecule has 2 rings (SSSR count). The first-order valence-electron chi connectivity index (χ1n) is 5.47. The van der Waals surface area contributed by atoms with Gasteiger partial charge in [0.2, 0.25) is 5.91 Å². The van der Waals surface area contributed by atoms with E-state index in [1.807, 2.05) is 25.1 Å². The van der Waals surface area contributed by atoms with Gasteiger partial charge in [-0.2, -0.15) is 0 Å². The molecule has 1 aromatic rings. The van der Waals surface area contributed by atoms with E-state index in [-0.39, 0.29) is 11.9 Å². The number of amides is 1. The molecule has 0 spiro atoms. The molecule has 1 atom stereocenters. The number of hydrogen-bond acceptors (Lipinski definition) is 2. The fourth-order valence-electron chi connectivity index (χ4n) is 1.86. The summed E-state index contributed by atoms with van der Waals surface area (Å²) < 4.78 is 0.979. The predicted octanol–water partition coefficient (Wildman–Crippen LogP) is 2.45. The Kier molecular flexibility index (Phi) is 3.61. The highest BCUT2D eigenvalue weighted by Gasteiger charge is 2.22. The zero-order valence-electron chi connectivity index (χ0n) is 9.22. The molecule has 0 saturated carbocycles. The topological polar surface area (TPSA) is 41.1 Å². The summed E-state index contributed by atoms with van der Waals surface area (Å²) in [6.07, 6.45) is 2.01. The minimum atomic E-state index is -0.0293. The molecule has 16 heavy (non-hydrogen) atoms. The van der Waals surface area contributed by atoms with Gasteiger partial charge in [-0.25, -0.2) is 0 Å². The van der Waals surface area contributed by atoms with Crippen molar-refractivity contribution < 1.29 is 4.79 Å². The number of rotatable bonds is 2. The fraction of sp³-hybridized carbons (Fsp3) is 0.417. The Balaban J connectivity index is 2.07. The standard InChI is InChI=1S/C12H15BrN2O/c1-8-4-5-9(13)7-11(8)15-12(16)10-3-2-6-14-10/h4-5,7,10,14H,2-3,6H2,1H3,(H,15,16)/t10-/m0/s1. The van der Waals surface area contributed by atoms with E-state index in [1.54, 1.807) is 0 Å². The van der Waals surface area contributed by atoms with Gasteiger partial charge < -0.3 is 10.6 Å². The lowest BCUT2D eigenvalue weighted by Gasteiger charge is -2.13. The van der Waals surface area contributed by atoms with Crippen LogP contribution in [-0.4, -0.2) is 18.5 Å². The fourth-order valence-corrected chi connectivity index (χ4v) is 2.22. The first-order chi connectivity index (χ1) is 7.66. The number of hydrogen-bond donors (Lipinski definition) is 2. The van der Waals surface area contributed by atoms with Crippen LogP contribution < -0.4 is 10.6 Å². The SMILES string of the molecule is Cc1ccc(Br)cc1NC(=O)[C@@H]1CCCN1. The van der Waals surface area contributed by atoms with Gasteiger partial charge in [-0.05, 0) is 44.0 Å². The predicted molar refractivity (Wildman–Crippen MR) is 68.5 cm³/mol. The van der Waals surface area contributed by atoms with Crippen molar-refractivity contribution in [1.29, 1.82) is 0 Å². The average Bonchev–Trinajstić information content (AvgIpc) is 2.76. The molecule has 1 saturated heterocycles. The molecule has 0 bridgehead atoms. The third kappa shape index (κ3) is 2.62. The van der Waals surface area contributed by atoms with Crippen molar-refractivity contribution in [3.63, 3.8) is 0 Å². The maximum atomic E-state index is 11.9. The van der Waals surface area contributed by atoms with Gasteiger partial charge in [-0.1, -0.05) is 22.0 Å². The van der Waals surface area contributed by atoms with E-state index < -0.39 is 0 Å². The molecule has 3 nitrogen and oxygen atoms in total. The monoisotopic (exact) mass is 282 g/mol. The van der Waals surface area contributed by atoms with Gasteiger partial charge in [-0.3, -0.25) is 4.79 Å². The normalized spacial score (nSPS) is 19.8. The van der Waals surface area contributed by atoms with Crippen molar-refractivity contribution in [3.05, 3.63) is 28.2 Å². The number of anilines is 1. The summed E-state index contributed by atoms with van der Waals surface area (Å²) >= 11 is 3.40. The molecule has 0 aliphatic carbocycles. The van der Waals surface area contributed by atoms with Crippen LogP contribution in [0.1, 0.15) is 18.4 Å². The van der Waals surface area contributed by atoms with Crippen LogP contribution in [0.4, 0.5) is 5.69 Å². The highest BCUT2D eigenvalue weighted by atomic mass is 79.9.